The van der Waals surface area contributed by atoms with E-state index in [1.807, 2.05) is 28.8 Å². The van der Waals surface area contributed by atoms with E-state index in [1.54, 1.807) is 6.33 Å². The maximum atomic E-state index is 5.95. The first kappa shape index (κ1) is 10.0. The van der Waals surface area contributed by atoms with E-state index < -0.39 is 0 Å². The second-order valence-electron chi connectivity index (χ2n) is 3.53. The Morgan fingerprint density at radius 2 is 2.06 bits per heavy atom. The lowest BCUT2D eigenvalue weighted by Gasteiger charge is -2.03. The molecule has 2 aromatic heterocycles. The predicted octanol–water partition coefficient (Wildman–Crippen LogP) is 2.05. The van der Waals surface area contributed by atoms with Crippen molar-refractivity contribution in [2.75, 3.05) is 5.73 Å². The largest absolute Gasteiger partial charge is 0.382 e. The Labute approximate surface area is 102 Å². The molecular weight excluding hydrogens is 238 g/mol. The van der Waals surface area contributed by atoms with Crippen molar-refractivity contribution in [1.29, 1.82) is 0 Å². The van der Waals surface area contributed by atoms with Crippen LogP contribution in [0, 0.1) is 0 Å². The molecule has 0 radical (unpaired) electrons. The number of hydrogen-bond donors (Lipinski definition) is 1. The molecule has 0 aliphatic carbocycles. The van der Waals surface area contributed by atoms with E-state index in [-0.39, 0.29) is 0 Å². The highest BCUT2D eigenvalue weighted by atomic mass is 35.5. The van der Waals surface area contributed by atoms with Crippen LogP contribution in [0.4, 0.5) is 5.82 Å². The van der Waals surface area contributed by atoms with Gasteiger partial charge in [0.25, 0.3) is 0 Å². The summed E-state index contributed by atoms with van der Waals surface area (Å²) in [6, 6.07) is 7.44. The summed E-state index contributed by atoms with van der Waals surface area (Å²) in [7, 11) is 0. The zero-order chi connectivity index (χ0) is 11.8. The molecule has 0 fully saturated rings. The standard InChI is InChI=1S/C11H8ClN5/c12-7-2-1-3-8(4-7)17-6-16-9-10(13)14-5-15-11(9)17/h1-6H,(H2,13,14,15). The van der Waals surface area contributed by atoms with Gasteiger partial charge in [-0.25, -0.2) is 15.0 Å². The zero-order valence-electron chi connectivity index (χ0n) is 8.71. The van der Waals surface area contributed by atoms with Crippen LogP contribution in [0.15, 0.2) is 36.9 Å². The highest BCUT2D eigenvalue weighted by Gasteiger charge is 2.08. The average Bonchev–Trinajstić information content (AvgIpc) is 2.74. The molecule has 1 aromatic carbocycles. The summed E-state index contributed by atoms with van der Waals surface area (Å²) in [5.74, 6) is 0.371. The minimum Gasteiger partial charge on any atom is -0.382 e. The molecule has 0 amide bonds. The normalized spacial score (nSPS) is 10.9. The van der Waals surface area contributed by atoms with Crippen LogP contribution in [0.5, 0.6) is 0 Å². The number of anilines is 1. The van der Waals surface area contributed by atoms with Gasteiger partial charge in [-0.3, -0.25) is 4.57 Å². The molecule has 0 unspecified atom stereocenters. The fourth-order valence-electron chi connectivity index (χ4n) is 1.67. The Morgan fingerprint density at radius 1 is 1.18 bits per heavy atom. The molecule has 2 heterocycles. The minimum absolute atomic E-state index is 0.371. The number of fused-ring (bicyclic) bond motifs is 1. The van der Waals surface area contributed by atoms with Gasteiger partial charge in [-0.15, -0.1) is 0 Å². The van der Waals surface area contributed by atoms with Crippen LogP contribution in [0.2, 0.25) is 5.02 Å². The van der Waals surface area contributed by atoms with Gasteiger partial charge in [0.05, 0.1) is 5.69 Å². The summed E-state index contributed by atoms with van der Waals surface area (Å²) in [6.07, 6.45) is 3.07. The molecule has 5 nitrogen and oxygen atoms in total. The van der Waals surface area contributed by atoms with Crippen molar-refractivity contribution in [3.63, 3.8) is 0 Å². The maximum absolute atomic E-state index is 5.95. The second kappa shape index (κ2) is 3.71. The smallest absolute Gasteiger partial charge is 0.170 e. The van der Waals surface area contributed by atoms with E-state index in [2.05, 4.69) is 15.0 Å². The molecule has 0 bridgehead atoms. The van der Waals surface area contributed by atoms with E-state index in [0.29, 0.717) is 22.0 Å². The molecule has 0 saturated carbocycles. The van der Waals surface area contributed by atoms with Crippen LogP contribution in [0.3, 0.4) is 0 Å². The van der Waals surface area contributed by atoms with Crippen molar-refractivity contribution in [2.45, 2.75) is 0 Å². The summed E-state index contributed by atoms with van der Waals surface area (Å²) in [4.78, 5) is 12.3. The van der Waals surface area contributed by atoms with Crippen molar-refractivity contribution < 1.29 is 0 Å². The third kappa shape index (κ3) is 1.60. The Bertz CT molecular complexity index is 691. The van der Waals surface area contributed by atoms with Crippen molar-refractivity contribution in [3.8, 4) is 5.69 Å². The van der Waals surface area contributed by atoms with Crippen molar-refractivity contribution >= 4 is 28.6 Å². The fourth-order valence-corrected chi connectivity index (χ4v) is 1.85. The quantitative estimate of drug-likeness (QED) is 0.712. The van der Waals surface area contributed by atoms with E-state index in [4.69, 9.17) is 17.3 Å². The van der Waals surface area contributed by atoms with Crippen LogP contribution < -0.4 is 5.73 Å². The molecule has 17 heavy (non-hydrogen) atoms. The molecule has 3 aromatic rings. The second-order valence-corrected chi connectivity index (χ2v) is 3.96. The Balaban J connectivity index is 2.28. The summed E-state index contributed by atoms with van der Waals surface area (Å²) in [5.41, 5.74) is 7.87. The first-order chi connectivity index (χ1) is 8.25. The van der Waals surface area contributed by atoms with Gasteiger partial charge in [-0.05, 0) is 18.2 Å². The molecule has 84 valence electrons. The first-order valence-electron chi connectivity index (χ1n) is 4.95. The molecule has 3 rings (SSSR count). The van der Waals surface area contributed by atoms with Crippen molar-refractivity contribution in [3.05, 3.63) is 41.9 Å². The fraction of sp³-hybridized carbons (Fsp3) is 0. The number of nitrogen functional groups attached to an aromatic ring is 1. The van der Waals surface area contributed by atoms with Gasteiger partial charge in [0.1, 0.15) is 12.7 Å². The van der Waals surface area contributed by atoms with E-state index in [1.165, 1.54) is 6.33 Å². The van der Waals surface area contributed by atoms with Crippen molar-refractivity contribution in [1.82, 2.24) is 19.5 Å². The lowest BCUT2D eigenvalue weighted by molar-refractivity contribution is 1.06. The Hall–Kier alpha value is -2.14. The molecule has 6 heteroatoms. The average molecular weight is 246 g/mol. The molecule has 0 aliphatic heterocycles. The number of imidazole rings is 1. The van der Waals surface area contributed by atoms with Crippen LogP contribution in [0.25, 0.3) is 16.9 Å². The number of benzene rings is 1. The predicted molar refractivity (Wildman–Crippen MR) is 66.1 cm³/mol. The maximum Gasteiger partial charge on any atom is 0.170 e. The number of aromatic nitrogens is 4. The van der Waals surface area contributed by atoms with E-state index in [9.17, 15) is 0 Å². The van der Waals surface area contributed by atoms with Gasteiger partial charge in [-0.1, -0.05) is 17.7 Å². The summed E-state index contributed by atoms with van der Waals surface area (Å²) < 4.78 is 1.82. The SMILES string of the molecule is Nc1ncnc2c1ncn2-c1cccc(Cl)c1. The molecule has 0 spiro atoms. The van der Waals surface area contributed by atoms with Gasteiger partial charge in [0.2, 0.25) is 0 Å². The zero-order valence-corrected chi connectivity index (χ0v) is 9.46. The van der Waals surface area contributed by atoms with Crippen LogP contribution >= 0.6 is 11.6 Å². The summed E-state index contributed by atoms with van der Waals surface area (Å²) in [5, 5.41) is 0.659. The Kier molecular flexibility index (Phi) is 2.19. The van der Waals surface area contributed by atoms with Gasteiger partial charge < -0.3 is 5.73 Å². The monoisotopic (exact) mass is 245 g/mol. The van der Waals surface area contributed by atoms with Crippen molar-refractivity contribution in [2.24, 2.45) is 0 Å². The summed E-state index contributed by atoms with van der Waals surface area (Å²) >= 11 is 5.95. The number of rotatable bonds is 1. The number of hydrogen-bond acceptors (Lipinski definition) is 4. The lowest BCUT2D eigenvalue weighted by Crippen LogP contribution is -1.96. The highest BCUT2D eigenvalue weighted by Crippen LogP contribution is 2.20. The topological polar surface area (TPSA) is 69.6 Å². The summed E-state index contributed by atoms with van der Waals surface area (Å²) in [6.45, 7) is 0. The van der Waals surface area contributed by atoms with E-state index >= 15 is 0 Å². The first-order valence-corrected chi connectivity index (χ1v) is 5.33. The number of nitrogens with two attached hydrogens (primary N) is 1. The highest BCUT2D eigenvalue weighted by molar-refractivity contribution is 6.30. The van der Waals surface area contributed by atoms with Crippen LogP contribution in [0.1, 0.15) is 0 Å². The van der Waals surface area contributed by atoms with Gasteiger partial charge in [0.15, 0.2) is 17.0 Å². The molecule has 0 atom stereocenters. The van der Waals surface area contributed by atoms with Crippen LogP contribution in [-0.2, 0) is 0 Å². The molecule has 0 saturated heterocycles. The van der Waals surface area contributed by atoms with Crippen LogP contribution in [-0.4, -0.2) is 19.5 Å². The number of halogens is 1. The van der Waals surface area contributed by atoms with Gasteiger partial charge in [0, 0.05) is 5.02 Å². The lowest BCUT2D eigenvalue weighted by atomic mass is 10.3. The molecular formula is C11H8ClN5. The van der Waals surface area contributed by atoms with Gasteiger partial charge in [-0.2, -0.15) is 0 Å². The Morgan fingerprint density at radius 3 is 2.88 bits per heavy atom. The third-order valence-electron chi connectivity index (χ3n) is 2.45. The van der Waals surface area contributed by atoms with Gasteiger partial charge >= 0.3 is 0 Å². The van der Waals surface area contributed by atoms with E-state index in [0.717, 1.165) is 5.69 Å². The molecule has 2 N–H and O–H groups in total. The number of nitrogens with zero attached hydrogens (tertiary/aromatic N) is 4. The minimum atomic E-state index is 0.371. The third-order valence-corrected chi connectivity index (χ3v) is 2.68. The molecule has 0 aliphatic rings.